The predicted molar refractivity (Wildman–Crippen MR) is 103 cm³/mol. The van der Waals surface area contributed by atoms with Gasteiger partial charge < -0.3 is 5.11 Å². The highest BCUT2D eigenvalue weighted by atomic mass is 19.4. The minimum absolute atomic E-state index is 0.0111. The van der Waals surface area contributed by atoms with E-state index in [9.17, 15) is 18.3 Å². The number of phenolic OH excluding ortho intramolecular Hbond substituents is 1. The third kappa shape index (κ3) is 4.82. The summed E-state index contributed by atoms with van der Waals surface area (Å²) in [6, 6.07) is 8.47. The van der Waals surface area contributed by atoms with E-state index >= 15 is 0 Å². The van der Waals surface area contributed by atoms with Gasteiger partial charge in [0, 0.05) is 0 Å². The number of unbranched alkanes of at least 4 members (excludes halogenated alkanes) is 5. The van der Waals surface area contributed by atoms with E-state index in [1.807, 2.05) is 6.07 Å². The van der Waals surface area contributed by atoms with Crippen molar-refractivity contribution in [1.82, 2.24) is 15.0 Å². The number of nitrogens with zero attached hydrogens (tertiary/aromatic N) is 3. The second-order valence-electron chi connectivity index (χ2n) is 7.03. The van der Waals surface area contributed by atoms with Crippen LogP contribution in [0, 0.1) is 0 Å². The third-order valence-corrected chi connectivity index (χ3v) is 4.78. The van der Waals surface area contributed by atoms with Crippen LogP contribution in [0.3, 0.4) is 0 Å². The number of alkyl halides is 3. The van der Waals surface area contributed by atoms with Crippen molar-refractivity contribution >= 4 is 11.0 Å². The number of benzene rings is 2. The number of halogens is 3. The van der Waals surface area contributed by atoms with Gasteiger partial charge in [0.25, 0.3) is 0 Å². The second-order valence-corrected chi connectivity index (χ2v) is 7.03. The molecular formula is C21H24F3N3O. The number of rotatable bonds is 8. The molecule has 7 heteroatoms. The van der Waals surface area contributed by atoms with Gasteiger partial charge in [-0.15, -0.1) is 15.0 Å². The summed E-state index contributed by atoms with van der Waals surface area (Å²) in [5.41, 5.74) is 1.12. The molecule has 0 saturated heterocycles. The van der Waals surface area contributed by atoms with Gasteiger partial charge in [-0.2, -0.15) is 13.2 Å². The average molecular weight is 391 g/mol. The Bertz CT molecular complexity index is 934. The third-order valence-electron chi connectivity index (χ3n) is 4.78. The molecule has 1 aromatic heterocycles. The highest BCUT2D eigenvalue weighted by Gasteiger charge is 2.31. The van der Waals surface area contributed by atoms with Crippen LogP contribution in [-0.2, 0) is 12.6 Å². The average Bonchev–Trinajstić information content (AvgIpc) is 3.08. The van der Waals surface area contributed by atoms with Crippen molar-refractivity contribution in [3.63, 3.8) is 0 Å². The Hall–Kier alpha value is -2.57. The van der Waals surface area contributed by atoms with Gasteiger partial charge in [0.2, 0.25) is 0 Å². The van der Waals surface area contributed by atoms with Crippen LogP contribution in [-0.4, -0.2) is 20.1 Å². The van der Waals surface area contributed by atoms with Gasteiger partial charge in [-0.1, -0.05) is 45.1 Å². The fraction of sp³-hybridized carbons (Fsp3) is 0.429. The second kappa shape index (κ2) is 8.63. The Morgan fingerprint density at radius 2 is 1.61 bits per heavy atom. The molecule has 0 saturated carbocycles. The summed E-state index contributed by atoms with van der Waals surface area (Å²) in [6.07, 6.45) is 3.59. The van der Waals surface area contributed by atoms with Crippen LogP contribution in [0.15, 0.2) is 36.4 Å². The van der Waals surface area contributed by atoms with Crippen molar-refractivity contribution in [1.29, 1.82) is 0 Å². The molecule has 0 atom stereocenters. The number of hydrogen-bond donors (Lipinski definition) is 1. The first-order valence-corrected chi connectivity index (χ1v) is 9.65. The van der Waals surface area contributed by atoms with Crippen molar-refractivity contribution in [3.05, 3.63) is 47.5 Å². The fourth-order valence-electron chi connectivity index (χ4n) is 3.19. The van der Waals surface area contributed by atoms with Crippen LogP contribution in [0.4, 0.5) is 13.2 Å². The molecule has 4 nitrogen and oxygen atoms in total. The first-order valence-electron chi connectivity index (χ1n) is 9.65. The van der Waals surface area contributed by atoms with E-state index in [0.717, 1.165) is 37.0 Å². The van der Waals surface area contributed by atoms with Gasteiger partial charge in [-0.05, 0) is 48.7 Å². The fourth-order valence-corrected chi connectivity index (χ4v) is 3.19. The molecule has 0 aliphatic heterocycles. The molecule has 3 aromatic rings. The molecular weight excluding hydrogens is 367 g/mol. The van der Waals surface area contributed by atoms with Crippen LogP contribution >= 0.6 is 0 Å². The Morgan fingerprint density at radius 1 is 0.893 bits per heavy atom. The van der Waals surface area contributed by atoms with Gasteiger partial charge >= 0.3 is 6.18 Å². The maximum absolute atomic E-state index is 12.9. The van der Waals surface area contributed by atoms with Gasteiger partial charge in [0.15, 0.2) is 0 Å². The van der Waals surface area contributed by atoms with E-state index in [-0.39, 0.29) is 11.3 Å². The minimum Gasteiger partial charge on any atom is -0.506 e. The lowest BCUT2D eigenvalue weighted by atomic mass is 10.0. The Kier molecular flexibility index (Phi) is 6.21. The van der Waals surface area contributed by atoms with Crippen LogP contribution in [0.2, 0.25) is 0 Å². The number of hydrogen-bond acceptors (Lipinski definition) is 3. The van der Waals surface area contributed by atoms with Crippen LogP contribution in [0.25, 0.3) is 16.7 Å². The summed E-state index contributed by atoms with van der Waals surface area (Å²) >= 11 is 0. The SMILES string of the molecule is CCCCCCCCc1ccc(O)c(-n2nc3ccc(C(F)(F)F)cc3n2)c1. The monoisotopic (exact) mass is 391 g/mol. The van der Waals surface area contributed by atoms with E-state index < -0.39 is 11.7 Å². The lowest BCUT2D eigenvalue weighted by Crippen LogP contribution is -2.04. The molecule has 0 spiro atoms. The summed E-state index contributed by atoms with van der Waals surface area (Å²) in [5, 5.41) is 18.5. The molecule has 0 amide bonds. The van der Waals surface area contributed by atoms with Crippen LogP contribution in [0.1, 0.15) is 56.6 Å². The smallest absolute Gasteiger partial charge is 0.416 e. The maximum atomic E-state index is 12.9. The molecule has 150 valence electrons. The van der Waals surface area contributed by atoms with Crippen molar-refractivity contribution in [3.8, 4) is 11.4 Å². The highest BCUT2D eigenvalue weighted by Crippen LogP contribution is 2.31. The summed E-state index contributed by atoms with van der Waals surface area (Å²) < 4.78 is 38.7. The van der Waals surface area contributed by atoms with Crippen molar-refractivity contribution in [2.75, 3.05) is 0 Å². The zero-order chi connectivity index (χ0) is 20.1. The molecule has 3 rings (SSSR count). The molecule has 2 aromatic carbocycles. The molecule has 0 bridgehead atoms. The Morgan fingerprint density at radius 3 is 2.36 bits per heavy atom. The largest absolute Gasteiger partial charge is 0.506 e. The number of aryl methyl sites for hydroxylation is 1. The first kappa shape index (κ1) is 20.2. The molecule has 0 unspecified atom stereocenters. The zero-order valence-electron chi connectivity index (χ0n) is 15.8. The number of fused-ring (bicyclic) bond motifs is 1. The number of phenols is 1. The number of aromatic nitrogens is 3. The van der Waals surface area contributed by atoms with Gasteiger partial charge in [0.1, 0.15) is 22.5 Å². The Balaban J connectivity index is 1.77. The van der Waals surface area contributed by atoms with Crippen molar-refractivity contribution in [2.24, 2.45) is 0 Å². The molecule has 0 radical (unpaired) electrons. The molecule has 0 aliphatic carbocycles. The van der Waals surface area contributed by atoms with Crippen molar-refractivity contribution in [2.45, 2.75) is 58.0 Å². The molecule has 1 heterocycles. The van der Waals surface area contributed by atoms with Gasteiger partial charge in [-0.3, -0.25) is 0 Å². The standard InChI is InChI=1S/C21H24F3N3O/c1-2-3-4-5-6-7-8-15-9-12-20(28)19(13-15)27-25-17-11-10-16(21(22,23)24)14-18(17)26-27/h9-14,28H,2-8H2,1H3. The van der Waals surface area contributed by atoms with E-state index in [1.54, 1.807) is 12.1 Å². The first-order chi connectivity index (χ1) is 13.4. The summed E-state index contributed by atoms with van der Waals surface area (Å²) in [5.74, 6) is -0.0111. The summed E-state index contributed by atoms with van der Waals surface area (Å²) in [7, 11) is 0. The lowest BCUT2D eigenvalue weighted by Gasteiger charge is -2.07. The Labute approximate surface area is 162 Å². The molecule has 28 heavy (non-hydrogen) atoms. The predicted octanol–water partition coefficient (Wildman–Crippen LogP) is 6.05. The molecule has 1 N–H and O–H groups in total. The van der Waals surface area contributed by atoms with E-state index in [2.05, 4.69) is 17.1 Å². The van der Waals surface area contributed by atoms with Gasteiger partial charge in [0.05, 0.1) is 5.56 Å². The number of aromatic hydroxyl groups is 1. The molecule has 0 aliphatic rings. The summed E-state index contributed by atoms with van der Waals surface area (Å²) in [6.45, 7) is 2.19. The van der Waals surface area contributed by atoms with E-state index in [0.29, 0.717) is 11.2 Å². The van der Waals surface area contributed by atoms with Crippen molar-refractivity contribution < 1.29 is 18.3 Å². The van der Waals surface area contributed by atoms with Crippen LogP contribution < -0.4 is 0 Å². The molecule has 0 fully saturated rings. The van der Waals surface area contributed by atoms with Crippen LogP contribution in [0.5, 0.6) is 5.75 Å². The summed E-state index contributed by atoms with van der Waals surface area (Å²) in [4.78, 5) is 1.20. The lowest BCUT2D eigenvalue weighted by molar-refractivity contribution is -0.137. The quantitative estimate of drug-likeness (QED) is 0.476. The zero-order valence-corrected chi connectivity index (χ0v) is 15.8. The van der Waals surface area contributed by atoms with Gasteiger partial charge in [-0.25, -0.2) is 0 Å². The normalized spacial score (nSPS) is 12.0. The van der Waals surface area contributed by atoms with E-state index in [4.69, 9.17) is 0 Å². The maximum Gasteiger partial charge on any atom is 0.416 e. The van der Waals surface area contributed by atoms with E-state index in [1.165, 1.54) is 36.5 Å². The highest BCUT2D eigenvalue weighted by molar-refractivity contribution is 5.75. The topological polar surface area (TPSA) is 50.9 Å². The minimum atomic E-state index is -4.43.